The van der Waals surface area contributed by atoms with E-state index < -0.39 is 8.07 Å². The first kappa shape index (κ1) is 14.8. The van der Waals surface area contributed by atoms with Crippen molar-refractivity contribution < 1.29 is 9.53 Å². The van der Waals surface area contributed by atoms with Crippen LogP contribution in [0, 0.1) is 13.8 Å². The maximum absolute atomic E-state index is 12.0. The molecule has 0 atom stereocenters. The van der Waals surface area contributed by atoms with Crippen molar-refractivity contribution in [1.29, 1.82) is 0 Å². The summed E-state index contributed by atoms with van der Waals surface area (Å²) >= 11 is 0. The molecule has 0 aromatic heterocycles. The molecule has 0 fully saturated rings. The quantitative estimate of drug-likeness (QED) is 0.516. The maximum Gasteiger partial charge on any atom is 0.340 e. The monoisotopic (exact) mass is 265 g/mol. The van der Waals surface area contributed by atoms with Gasteiger partial charge < -0.3 is 10.5 Å². The van der Waals surface area contributed by atoms with E-state index in [0.29, 0.717) is 17.9 Å². The number of nitrogen functional groups attached to an aromatic ring is 1. The Bertz CT molecular complexity index is 427. The van der Waals surface area contributed by atoms with Crippen molar-refractivity contribution in [2.45, 2.75) is 39.5 Å². The zero-order valence-electron chi connectivity index (χ0n) is 12.0. The van der Waals surface area contributed by atoms with Gasteiger partial charge in [-0.25, -0.2) is 4.79 Å². The SMILES string of the molecule is Cc1cc(C)c(C(=O)OCC[Si](C)(C)C)c(N)c1. The lowest BCUT2D eigenvalue weighted by Gasteiger charge is -2.16. The van der Waals surface area contributed by atoms with E-state index in [2.05, 4.69) is 19.6 Å². The van der Waals surface area contributed by atoms with Gasteiger partial charge in [-0.15, -0.1) is 0 Å². The molecule has 3 nitrogen and oxygen atoms in total. The van der Waals surface area contributed by atoms with E-state index in [4.69, 9.17) is 10.5 Å². The Hall–Kier alpha value is -1.29. The molecule has 0 saturated carbocycles. The highest BCUT2D eigenvalue weighted by molar-refractivity contribution is 6.76. The Morgan fingerprint density at radius 3 is 2.39 bits per heavy atom. The molecule has 0 radical (unpaired) electrons. The van der Waals surface area contributed by atoms with Gasteiger partial charge in [0.2, 0.25) is 0 Å². The Kier molecular flexibility index (Phi) is 4.57. The number of aryl methyl sites for hydroxylation is 2. The van der Waals surface area contributed by atoms with Crippen LogP contribution in [0.15, 0.2) is 12.1 Å². The van der Waals surface area contributed by atoms with Crippen LogP contribution in [0.2, 0.25) is 25.7 Å². The Morgan fingerprint density at radius 2 is 1.89 bits per heavy atom. The first-order chi connectivity index (χ1) is 8.20. The van der Waals surface area contributed by atoms with Crippen molar-refractivity contribution in [3.05, 3.63) is 28.8 Å². The van der Waals surface area contributed by atoms with E-state index in [1.807, 2.05) is 26.0 Å². The third kappa shape index (κ3) is 4.18. The van der Waals surface area contributed by atoms with Crippen LogP contribution in [0.4, 0.5) is 5.69 Å². The lowest BCUT2D eigenvalue weighted by atomic mass is 10.0. The lowest BCUT2D eigenvalue weighted by Crippen LogP contribution is -2.23. The summed E-state index contributed by atoms with van der Waals surface area (Å²) in [7, 11) is -1.17. The third-order valence-corrected chi connectivity index (χ3v) is 4.50. The van der Waals surface area contributed by atoms with E-state index in [1.165, 1.54) is 0 Å². The average Bonchev–Trinajstić information content (AvgIpc) is 2.13. The van der Waals surface area contributed by atoms with Gasteiger partial charge >= 0.3 is 5.97 Å². The molecule has 4 heteroatoms. The van der Waals surface area contributed by atoms with E-state index in [9.17, 15) is 4.79 Å². The summed E-state index contributed by atoms with van der Waals surface area (Å²) < 4.78 is 5.32. The topological polar surface area (TPSA) is 52.3 Å². The van der Waals surface area contributed by atoms with Crippen LogP contribution in [-0.2, 0) is 4.74 Å². The molecule has 1 aromatic carbocycles. The smallest absolute Gasteiger partial charge is 0.340 e. The largest absolute Gasteiger partial charge is 0.462 e. The van der Waals surface area contributed by atoms with Crippen LogP contribution >= 0.6 is 0 Å². The molecule has 0 heterocycles. The van der Waals surface area contributed by atoms with Crippen molar-refractivity contribution in [2.75, 3.05) is 12.3 Å². The molecule has 1 rings (SSSR count). The van der Waals surface area contributed by atoms with Crippen molar-refractivity contribution in [3.8, 4) is 0 Å². The van der Waals surface area contributed by atoms with E-state index in [0.717, 1.165) is 17.2 Å². The van der Waals surface area contributed by atoms with E-state index in [1.54, 1.807) is 0 Å². The fourth-order valence-electron chi connectivity index (χ4n) is 1.80. The molecule has 0 aliphatic rings. The molecule has 0 spiro atoms. The standard InChI is InChI=1S/C14H23NO2Si/c1-10-8-11(2)13(12(15)9-10)14(16)17-6-7-18(3,4)5/h8-9H,6-7,15H2,1-5H3. The first-order valence-electron chi connectivity index (χ1n) is 6.24. The average molecular weight is 265 g/mol. The number of anilines is 1. The molecule has 0 amide bonds. The Labute approximate surface area is 110 Å². The van der Waals surface area contributed by atoms with Gasteiger partial charge in [-0.05, 0) is 37.1 Å². The molecule has 0 aliphatic heterocycles. The summed E-state index contributed by atoms with van der Waals surface area (Å²) in [5.74, 6) is -0.303. The molecule has 0 unspecified atom stereocenters. The van der Waals surface area contributed by atoms with E-state index in [-0.39, 0.29) is 5.97 Å². The number of rotatable bonds is 4. The first-order valence-corrected chi connectivity index (χ1v) is 9.95. The van der Waals surface area contributed by atoms with Crippen LogP contribution in [0.5, 0.6) is 0 Å². The van der Waals surface area contributed by atoms with Crippen molar-refractivity contribution in [2.24, 2.45) is 0 Å². The number of carbonyl (C=O) groups is 1. The highest BCUT2D eigenvalue weighted by atomic mass is 28.3. The second kappa shape index (κ2) is 5.57. The molecule has 1 aromatic rings. The molecule has 0 saturated heterocycles. The minimum absolute atomic E-state index is 0.303. The predicted molar refractivity (Wildman–Crippen MR) is 78.8 cm³/mol. The molecule has 2 N–H and O–H groups in total. The van der Waals surface area contributed by atoms with Crippen molar-refractivity contribution in [1.82, 2.24) is 0 Å². The summed E-state index contributed by atoms with van der Waals surface area (Å²) in [5, 5.41) is 0. The maximum atomic E-state index is 12.0. The minimum atomic E-state index is -1.17. The number of ether oxygens (including phenoxy) is 1. The van der Waals surface area contributed by atoms with E-state index >= 15 is 0 Å². The van der Waals surface area contributed by atoms with Crippen LogP contribution in [0.1, 0.15) is 21.5 Å². The number of nitrogens with two attached hydrogens (primary N) is 1. The Balaban J connectivity index is 2.74. The fraction of sp³-hybridized carbons (Fsp3) is 0.500. The fourth-order valence-corrected chi connectivity index (χ4v) is 2.52. The van der Waals surface area contributed by atoms with Crippen LogP contribution in [0.25, 0.3) is 0 Å². The van der Waals surface area contributed by atoms with Gasteiger partial charge in [0.15, 0.2) is 0 Å². The number of hydrogen-bond acceptors (Lipinski definition) is 3. The molecular formula is C14H23NO2Si. The molecule has 18 heavy (non-hydrogen) atoms. The highest BCUT2D eigenvalue weighted by Gasteiger charge is 2.17. The van der Waals surface area contributed by atoms with Gasteiger partial charge in [-0.3, -0.25) is 0 Å². The van der Waals surface area contributed by atoms with Gasteiger partial charge in [-0.1, -0.05) is 25.7 Å². The number of hydrogen-bond donors (Lipinski definition) is 1. The second-order valence-corrected chi connectivity index (χ2v) is 11.6. The normalized spacial score (nSPS) is 11.4. The summed E-state index contributed by atoms with van der Waals surface area (Å²) in [6.45, 7) is 11.1. The highest BCUT2D eigenvalue weighted by Crippen LogP contribution is 2.20. The van der Waals surface area contributed by atoms with Gasteiger partial charge in [0.05, 0.1) is 12.2 Å². The Morgan fingerprint density at radius 1 is 1.28 bits per heavy atom. The number of esters is 1. The predicted octanol–water partition coefficient (Wildman–Crippen LogP) is 3.38. The molecular weight excluding hydrogens is 242 g/mol. The summed E-state index contributed by atoms with van der Waals surface area (Å²) in [4.78, 5) is 12.0. The summed E-state index contributed by atoms with van der Waals surface area (Å²) in [6, 6.07) is 4.73. The van der Waals surface area contributed by atoms with Crippen LogP contribution < -0.4 is 5.73 Å². The van der Waals surface area contributed by atoms with Crippen LogP contribution in [-0.4, -0.2) is 20.7 Å². The van der Waals surface area contributed by atoms with Crippen molar-refractivity contribution >= 4 is 19.7 Å². The summed E-state index contributed by atoms with van der Waals surface area (Å²) in [6.07, 6.45) is 0. The molecule has 0 bridgehead atoms. The number of benzene rings is 1. The van der Waals surface area contributed by atoms with Gasteiger partial charge in [0, 0.05) is 13.8 Å². The zero-order valence-corrected chi connectivity index (χ0v) is 13.0. The third-order valence-electron chi connectivity index (χ3n) is 2.80. The van der Waals surface area contributed by atoms with Crippen LogP contribution in [0.3, 0.4) is 0 Å². The van der Waals surface area contributed by atoms with Gasteiger partial charge in [0.1, 0.15) is 0 Å². The minimum Gasteiger partial charge on any atom is -0.462 e. The van der Waals surface area contributed by atoms with Gasteiger partial charge in [-0.2, -0.15) is 0 Å². The second-order valence-electron chi connectivity index (χ2n) is 5.99. The van der Waals surface area contributed by atoms with Crippen molar-refractivity contribution in [3.63, 3.8) is 0 Å². The number of carbonyl (C=O) groups excluding carboxylic acids is 1. The van der Waals surface area contributed by atoms with Gasteiger partial charge in [0.25, 0.3) is 0 Å². The molecule has 0 aliphatic carbocycles. The molecule has 100 valence electrons. The zero-order chi connectivity index (χ0) is 13.9. The lowest BCUT2D eigenvalue weighted by molar-refractivity contribution is 0.0525. The summed E-state index contributed by atoms with van der Waals surface area (Å²) in [5.41, 5.74) is 8.84.